The van der Waals surface area contributed by atoms with Crippen LogP contribution < -0.4 is 11.3 Å². The summed E-state index contributed by atoms with van der Waals surface area (Å²) < 4.78 is 34.0. The van der Waals surface area contributed by atoms with Crippen molar-refractivity contribution in [3.8, 4) is 0 Å². The van der Waals surface area contributed by atoms with E-state index in [1.807, 2.05) is 0 Å². The number of H-pyrrole nitrogens is 1. The van der Waals surface area contributed by atoms with E-state index in [1.165, 1.54) is 22.5 Å². The monoisotopic (exact) mass is 430 g/mol. The average Bonchev–Trinajstić information content (AvgIpc) is 3.32. The minimum absolute atomic E-state index is 0.0758. The van der Waals surface area contributed by atoms with Crippen molar-refractivity contribution in [2.75, 3.05) is 13.1 Å². The topological polar surface area (TPSA) is 118 Å². The first kappa shape index (κ1) is 19.3. The third-order valence-electron chi connectivity index (χ3n) is 6.06. The summed E-state index contributed by atoms with van der Waals surface area (Å²) in [6.45, 7) is 1.28. The zero-order valence-corrected chi connectivity index (χ0v) is 17.2. The molecule has 1 aromatic carbocycles. The Bertz CT molecular complexity index is 1330. The highest BCUT2D eigenvalue weighted by Crippen LogP contribution is 2.26. The van der Waals surface area contributed by atoms with Crippen LogP contribution in [0.2, 0.25) is 0 Å². The molecule has 3 aromatic rings. The van der Waals surface area contributed by atoms with Gasteiger partial charge >= 0.3 is 5.76 Å². The SMILES string of the molecule is O=c1[nH]c2cc(S(=O)(=O)N3CCC(Cn4nc5c(cc4=O)CCC5)CC3)ccc2o1. The van der Waals surface area contributed by atoms with Gasteiger partial charge in [0.15, 0.2) is 5.58 Å². The predicted octanol–water partition coefficient (Wildman–Crippen LogP) is 1.27. The summed E-state index contributed by atoms with van der Waals surface area (Å²) in [6.07, 6.45) is 4.21. The lowest BCUT2D eigenvalue weighted by Gasteiger charge is -2.31. The number of benzene rings is 1. The zero-order chi connectivity index (χ0) is 20.9. The molecule has 0 spiro atoms. The summed E-state index contributed by atoms with van der Waals surface area (Å²) >= 11 is 0. The fourth-order valence-corrected chi connectivity index (χ4v) is 5.88. The fourth-order valence-electron chi connectivity index (χ4n) is 4.39. The van der Waals surface area contributed by atoms with Gasteiger partial charge in [-0.25, -0.2) is 17.9 Å². The van der Waals surface area contributed by atoms with Crippen LogP contribution in [0.3, 0.4) is 0 Å². The number of fused-ring (bicyclic) bond motifs is 2. The highest BCUT2D eigenvalue weighted by Gasteiger charge is 2.30. The van der Waals surface area contributed by atoms with E-state index in [2.05, 4.69) is 10.1 Å². The van der Waals surface area contributed by atoms with Crippen LogP contribution in [0.5, 0.6) is 0 Å². The zero-order valence-electron chi connectivity index (χ0n) is 16.3. The van der Waals surface area contributed by atoms with Crippen LogP contribution >= 0.6 is 0 Å². The first-order chi connectivity index (χ1) is 14.4. The highest BCUT2D eigenvalue weighted by molar-refractivity contribution is 7.89. The number of hydrogen-bond acceptors (Lipinski definition) is 6. The van der Waals surface area contributed by atoms with E-state index >= 15 is 0 Å². The molecule has 1 fully saturated rings. The Morgan fingerprint density at radius 2 is 1.93 bits per heavy atom. The first-order valence-corrected chi connectivity index (χ1v) is 11.6. The van der Waals surface area contributed by atoms with Crippen LogP contribution in [-0.4, -0.2) is 40.6 Å². The fraction of sp³-hybridized carbons (Fsp3) is 0.450. The molecule has 1 aliphatic heterocycles. The van der Waals surface area contributed by atoms with Crippen LogP contribution in [0, 0.1) is 5.92 Å². The van der Waals surface area contributed by atoms with Gasteiger partial charge in [-0.1, -0.05) is 0 Å². The number of oxazole rings is 1. The van der Waals surface area contributed by atoms with Crippen LogP contribution in [0.4, 0.5) is 0 Å². The standard InChI is InChI=1S/C20H22N4O5S/c25-19-10-14-2-1-3-16(14)22-24(19)12-13-6-8-23(9-7-13)30(27,28)15-4-5-18-17(11-15)21-20(26)29-18/h4-5,10-11,13H,1-3,6-9,12H2,(H,21,26). The molecule has 1 aliphatic carbocycles. The molecule has 10 heteroatoms. The molecule has 158 valence electrons. The van der Waals surface area contributed by atoms with Crippen LogP contribution in [0.25, 0.3) is 11.1 Å². The Balaban J connectivity index is 1.29. The molecule has 0 radical (unpaired) electrons. The number of hydrogen-bond donors (Lipinski definition) is 1. The molecule has 1 N–H and O–H groups in total. The second kappa shape index (κ2) is 7.21. The molecule has 0 atom stereocenters. The number of rotatable bonds is 4. The molecule has 2 aromatic heterocycles. The quantitative estimate of drug-likeness (QED) is 0.666. The molecular weight excluding hydrogens is 408 g/mol. The maximum absolute atomic E-state index is 13.0. The van der Waals surface area contributed by atoms with E-state index < -0.39 is 15.8 Å². The summed E-state index contributed by atoms with van der Waals surface area (Å²) in [6, 6.07) is 6.06. The van der Waals surface area contributed by atoms with Gasteiger partial charge in [0.25, 0.3) is 5.56 Å². The number of aromatic nitrogens is 3. The molecule has 1 saturated heterocycles. The van der Waals surface area contributed by atoms with Gasteiger partial charge in [0, 0.05) is 25.7 Å². The third kappa shape index (κ3) is 3.39. The van der Waals surface area contributed by atoms with Gasteiger partial charge in [-0.3, -0.25) is 9.78 Å². The maximum Gasteiger partial charge on any atom is 0.417 e. The molecule has 0 saturated carbocycles. The van der Waals surface area contributed by atoms with Crippen LogP contribution in [0.15, 0.2) is 43.2 Å². The summed E-state index contributed by atoms with van der Waals surface area (Å²) in [5, 5.41) is 4.53. The Morgan fingerprint density at radius 3 is 2.73 bits per heavy atom. The number of nitrogens with zero attached hydrogens (tertiary/aromatic N) is 3. The van der Waals surface area contributed by atoms with Crippen molar-refractivity contribution in [3.63, 3.8) is 0 Å². The number of piperidine rings is 1. The van der Waals surface area contributed by atoms with Gasteiger partial charge in [0.2, 0.25) is 10.0 Å². The number of sulfonamides is 1. The van der Waals surface area contributed by atoms with Crippen molar-refractivity contribution in [1.82, 2.24) is 19.1 Å². The number of aromatic amines is 1. The molecule has 30 heavy (non-hydrogen) atoms. The highest BCUT2D eigenvalue weighted by atomic mass is 32.2. The van der Waals surface area contributed by atoms with E-state index in [0.717, 1.165) is 30.5 Å². The van der Waals surface area contributed by atoms with Crippen molar-refractivity contribution in [1.29, 1.82) is 0 Å². The minimum Gasteiger partial charge on any atom is -0.408 e. The van der Waals surface area contributed by atoms with Crippen molar-refractivity contribution < 1.29 is 12.8 Å². The Morgan fingerprint density at radius 1 is 1.13 bits per heavy atom. The van der Waals surface area contributed by atoms with Gasteiger partial charge < -0.3 is 4.42 Å². The van der Waals surface area contributed by atoms with E-state index in [0.29, 0.717) is 43.6 Å². The Hall–Kier alpha value is -2.72. The molecule has 5 rings (SSSR count). The smallest absolute Gasteiger partial charge is 0.408 e. The molecule has 0 unspecified atom stereocenters. The average molecular weight is 430 g/mol. The Kier molecular flexibility index (Phi) is 4.62. The second-order valence-electron chi connectivity index (χ2n) is 8.01. The van der Waals surface area contributed by atoms with Gasteiger partial charge in [0.1, 0.15) is 0 Å². The lowest BCUT2D eigenvalue weighted by molar-refractivity contribution is 0.244. The summed E-state index contributed by atoms with van der Waals surface area (Å²) in [4.78, 5) is 26.3. The number of nitrogens with one attached hydrogen (secondary N) is 1. The maximum atomic E-state index is 13.0. The lowest BCUT2D eigenvalue weighted by Crippen LogP contribution is -2.40. The molecule has 9 nitrogen and oxygen atoms in total. The summed E-state index contributed by atoms with van der Waals surface area (Å²) in [5.41, 5.74) is 2.69. The molecule has 2 aliphatic rings. The minimum atomic E-state index is -3.67. The molecule has 0 amide bonds. The molecular formula is C20H22N4O5S. The predicted molar refractivity (Wildman–Crippen MR) is 109 cm³/mol. The van der Waals surface area contributed by atoms with Crippen LogP contribution in [-0.2, 0) is 29.4 Å². The van der Waals surface area contributed by atoms with E-state index in [-0.39, 0.29) is 16.4 Å². The van der Waals surface area contributed by atoms with Crippen LogP contribution in [0.1, 0.15) is 30.5 Å². The number of aryl methyl sites for hydroxylation is 2. The van der Waals surface area contributed by atoms with E-state index in [1.54, 1.807) is 10.7 Å². The first-order valence-electron chi connectivity index (χ1n) is 10.1. The lowest BCUT2D eigenvalue weighted by atomic mass is 9.98. The summed E-state index contributed by atoms with van der Waals surface area (Å²) in [7, 11) is -3.67. The molecule has 3 heterocycles. The van der Waals surface area contributed by atoms with Gasteiger partial charge in [-0.15, -0.1) is 0 Å². The van der Waals surface area contributed by atoms with E-state index in [9.17, 15) is 18.0 Å². The molecule has 0 bridgehead atoms. The van der Waals surface area contributed by atoms with Crippen molar-refractivity contribution >= 4 is 21.1 Å². The van der Waals surface area contributed by atoms with Crippen molar-refractivity contribution in [2.24, 2.45) is 5.92 Å². The summed E-state index contributed by atoms with van der Waals surface area (Å²) in [5.74, 6) is -0.412. The Labute approximate surface area is 172 Å². The van der Waals surface area contributed by atoms with E-state index in [4.69, 9.17) is 4.42 Å². The van der Waals surface area contributed by atoms with Gasteiger partial charge in [-0.2, -0.15) is 9.40 Å². The van der Waals surface area contributed by atoms with Crippen molar-refractivity contribution in [2.45, 2.75) is 43.5 Å². The van der Waals surface area contributed by atoms with Gasteiger partial charge in [0.05, 0.1) is 16.1 Å². The third-order valence-corrected chi connectivity index (χ3v) is 7.95. The van der Waals surface area contributed by atoms with Gasteiger partial charge in [-0.05, 0) is 61.8 Å². The van der Waals surface area contributed by atoms with Crippen molar-refractivity contribution in [3.05, 3.63) is 56.4 Å². The second-order valence-corrected chi connectivity index (χ2v) is 9.95. The normalized spacial score (nSPS) is 18.1. The largest absolute Gasteiger partial charge is 0.417 e.